The molecule has 4 aromatic rings. The van der Waals surface area contributed by atoms with E-state index in [-0.39, 0.29) is 0 Å². The summed E-state index contributed by atoms with van der Waals surface area (Å²) in [6.07, 6.45) is 10.0. The Balaban J connectivity index is 1.47. The Morgan fingerprint density at radius 2 is 1.77 bits per heavy atom. The molecule has 5 heterocycles. The van der Waals surface area contributed by atoms with E-state index in [0.717, 1.165) is 67.8 Å². The van der Waals surface area contributed by atoms with Gasteiger partial charge in [-0.05, 0) is 41.8 Å². The lowest BCUT2D eigenvalue weighted by molar-refractivity contribution is 0.122. The minimum atomic E-state index is 0.623. The molecule has 0 atom stereocenters. The zero-order valence-electron chi connectivity index (χ0n) is 17.7. The van der Waals surface area contributed by atoms with Crippen LogP contribution in [-0.4, -0.2) is 50.6 Å². The highest BCUT2D eigenvalue weighted by molar-refractivity contribution is 5.45. The van der Waals surface area contributed by atoms with Crippen LogP contribution in [0.5, 0.6) is 0 Å². The van der Waals surface area contributed by atoms with Crippen LogP contribution in [-0.2, 0) is 24.0 Å². The highest BCUT2D eigenvalue weighted by Crippen LogP contribution is 2.19. The van der Waals surface area contributed by atoms with Gasteiger partial charge in [-0.25, -0.2) is 15.0 Å². The van der Waals surface area contributed by atoms with E-state index in [1.807, 2.05) is 29.2 Å². The van der Waals surface area contributed by atoms with E-state index in [2.05, 4.69) is 52.1 Å². The number of imidazole rings is 1. The lowest BCUT2D eigenvalue weighted by atomic mass is 10.1. The quantitative estimate of drug-likeness (QED) is 0.483. The minimum Gasteiger partial charge on any atom is -0.378 e. The number of ether oxygens (including phenoxy) is 1. The van der Waals surface area contributed by atoms with Gasteiger partial charge in [0.2, 0.25) is 0 Å². The standard InChI is InChI=1S/C24H26N6O/c1-2-18-3-5-25-20(13-18)16-22-27-21(17-24(28-22)30-9-11-31-12-10-30)14-19-4-7-29-8-6-26-23(29)15-19/h3-8,13,15,17H,2,9-12,14,16H2,1H3. The predicted molar refractivity (Wildman–Crippen MR) is 119 cm³/mol. The molecule has 7 nitrogen and oxygen atoms in total. The van der Waals surface area contributed by atoms with Gasteiger partial charge in [0.25, 0.3) is 0 Å². The highest BCUT2D eigenvalue weighted by Gasteiger charge is 2.16. The summed E-state index contributed by atoms with van der Waals surface area (Å²) < 4.78 is 7.54. The fourth-order valence-electron chi connectivity index (χ4n) is 3.94. The average molecular weight is 415 g/mol. The number of morpholine rings is 1. The van der Waals surface area contributed by atoms with Crippen LogP contribution >= 0.6 is 0 Å². The molecule has 0 aromatic carbocycles. The Kier molecular flexibility index (Phi) is 5.58. The summed E-state index contributed by atoms with van der Waals surface area (Å²) >= 11 is 0. The van der Waals surface area contributed by atoms with Crippen molar-refractivity contribution in [2.45, 2.75) is 26.2 Å². The van der Waals surface area contributed by atoms with Crippen molar-refractivity contribution in [2.75, 3.05) is 31.2 Å². The fourth-order valence-corrected chi connectivity index (χ4v) is 3.94. The van der Waals surface area contributed by atoms with E-state index in [4.69, 9.17) is 14.7 Å². The maximum atomic E-state index is 5.53. The van der Waals surface area contributed by atoms with Crippen LogP contribution in [0.1, 0.15) is 35.3 Å². The van der Waals surface area contributed by atoms with Crippen LogP contribution in [0, 0.1) is 0 Å². The van der Waals surface area contributed by atoms with E-state index >= 15 is 0 Å². The summed E-state index contributed by atoms with van der Waals surface area (Å²) in [5, 5.41) is 0. The van der Waals surface area contributed by atoms with Crippen molar-refractivity contribution in [3.63, 3.8) is 0 Å². The van der Waals surface area contributed by atoms with Crippen LogP contribution in [0.15, 0.2) is 55.1 Å². The Morgan fingerprint density at radius 1 is 0.871 bits per heavy atom. The van der Waals surface area contributed by atoms with Gasteiger partial charge >= 0.3 is 0 Å². The zero-order valence-corrected chi connectivity index (χ0v) is 17.7. The predicted octanol–water partition coefficient (Wildman–Crippen LogP) is 3.10. The molecule has 158 valence electrons. The molecule has 1 aliphatic rings. The van der Waals surface area contributed by atoms with Crippen molar-refractivity contribution in [3.05, 3.63) is 83.5 Å². The van der Waals surface area contributed by atoms with Crippen molar-refractivity contribution < 1.29 is 4.74 Å². The second-order valence-electron chi connectivity index (χ2n) is 7.82. The summed E-state index contributed by atoms with van der Waals surface area (Å²) in [5.74, 6) is 1.78. The first-order chi connectivity index (χ1) is 15.3. The lowest BCUT2D eigenvalue weighted by Gasteiger charge is -2.28. The van der Waals surface area contributed by atoms with Crippen LogP contribution in [0.4, 0.5) is 5.82 Å². The molecule has 0 unspecified atom stereocenters. The van der Waals surface area contributed by atoms with E-state index < -0.39 is 0 Å². The summed E-state index contributed by atoms with van der Waals surface area (Å²) in [7, 11) is 0. The summed E-state index contributed by atoms with van der Waals surface area (Å²) in [6, 6.07) is 10.6. The maximum absolute atomic E-state index is 5.53. The molecule has 31 heavy (non-hydrogen) atoms. The highest BCUT2D eigenvalue weighted by atomic mass is 16.5. The zero-order chi connectivity index (χ0) is 21.0. The van der Waals surface area contributed by atoms with Gasteiger partial charge in [-0.1, -0.05) is 6.92 Å². The molecule has 0 amide bonds. The van der Waals surface area contributed by atoms with Crippen LogP contribution in [0.25, 0.3) is 5.65 Å². The number of aryl methyl sites for hydroxylation is 1. The summed E-state index contributed by atoms with van der Waals surface area (Å²) in [5.41, 5.74) is 5.42. The van der Waals surface area contributed by atoms with Crippen molar-refractivity contribution >= 4 is 11.5 Å². The molecule has 0 N–H and O–H groups in total. The number of nitrogens with zero attached hydrogens (tertiary/aromatic N) is 6. The SMILES string of the molecule is CCc1ccnc(Cc2nc(Cc3ccn4ccnc4c3)cc(N3CCOCC3)n2)c1. The Labute approximate surface area is 181 Å². The number of hydrogen-bond acceptors (Lipinski definition) is 6. The molecule has 0 bridgehead atoms. The average Bonchev–Trinajstić information content (AvgIpc) is 3.27. The number of hydrogen-bond donors (Lipinski definition) is 0. The van der Waals surface area contributed by atoms with Crippen LogP contribution in [0.3, 0.4) is 0 Å². The fraction of sp³-hybridized carbons (Fsp3) is 0.333. The van der Waals surface area contributed by atoms with Gasteiger partial charge in [0.15, 0.2) is 0 Å². The molecular weight excluding hydrogens is 388 g/mol. The van der Waals surface area contributed by atoms with Gasteiger partial charge in [-0.15, -0.1) is 0 Å². The van der Waals surface area contributed by atoms with Crippen molar-refractivity contribution in [1.29, 1.82) is 0 Å². The van der Waals surface area contributed by atoms with Gasteiger partial charge in [0, 0.05) is 56.1 Å². The van der Waals surface area contributed by atoms with E-state index in [9.17, 15) is 0 Å². The van der Waals surface area contributed by atoms with Crippen LogP contribution in [0.2, 0.25) is 0 Å². The van der Waals surface area contributed by atoms with Crippen molar-refractivity contribution in [1.82, 2.24) is 24.3 Å². The first-order valence-electron chi connectivity index (χ1n) is 10.8. The minimum absolute atomic E-state index is 0.623. The normalized spacial score (nSPS) is 14.3. The molecule has 0 spiro atoms. The summed E-state index contributed by atoms with van der Waals surface area (Å²) in [6.45, 7) is 5.30. The molecule has 1 saturated heterocycles. The third-order valence-corrected chi connectivity index (χ3v) is 5.62. The van der Waals surface area contributed by atoms with Crippen molar-refractivity contribution in [3.8, 4) is 0 Å². The summed E-state index contributed by atoms with van der Waals surface area (Å²) in [4.78, 5) is 21.0. The van der Waals surface area contributed by atoms with Gasteiger partial charge in [0.05, 0.1) is 25.3 Å². The second-order valence-corrected chi connectivity index (χ2v) is 7.82. The molecule has 1 fully saturated rings. The second kappa shape index (κ2) is 8.81. The number of fused-ring (bicyclic) bond motifs is 1. The van der Waals surface area contributed by atoms with Gasteiger partial charge in [-0.3, -0.25) is 4.98 Å². The van der Waals surface area contributed by atoms with E-state index in [1.165, 1.54) is 11.1 Å². The molecule has 4 aromatic heterocycles. The maximum Gasteiger partial charge on any atom is 0.136 e. The lowest BCUT2D eigenvalue weighted by Crippen LogP contribution is -2.37. The number of rotatable bonds is 6. The van der Waals surface area contributed by atoms with Crippen LogP contribution < -0.4 is 4.90 Å². The molecule has 0 radical (unpaired) electrons. The molecule has 0 aliphatic carbocycles. The van der Waals surface area contributed by atoms with Crippen molar-refractivity contribution in [2.24, 2.45) is 0 Å². The molecule has 7 heteroatoms. The Morgan fingerprint density at radius 3 is 2.65 bits per heavy atom. The Bertz CT molecular complexity index is 1180. The number of anilines is 1. The van der Waals surface area contributed by atoms with Gasteiger partial charge in [-0.2, -0.15) is 0 Å². The first-order valence-corrected chi connectivity index (χ1v) is 10.8. The van der Waals surface area contributed by atoms with E-state index in [0.29, 0.717) is 6.42 Å². The molecule has 5 rings (SSSR count). The third kappa shape index (κ3) is 4.56. The topological polar surface area (TPSA) is 68.4 Å². The van der Waals surface area contributed by atoms with Gasteiger partial charge < -0.3 is 14.0 Å². The number of aromatic nitrogens is 5. The van der Waals surface area contributed by atoms with Gasteiger partial charge in [0.1, 0.15) is 17.3 Å². The first kappa shape index (κ1) is 19.6. The van der Waals surface area contributed by atoms with E-state index in [1.54, 1.807) is 0 Å². The largest absolute Gasteiger partial charge is 0.378 e. The smallest absolute Gasteiger partial charge is 0.136 e. The molecular formula is C24H26N6O. The molecule has 1 aliphatic heterocycles. The number of pyridine rings is 2. The molecule has 0 saturated carbocycles. The Hall–Kier alpha value is -3.32. The third-order valence-electron chi connectivity index (χ3n) is 5.62. The monoisotopic (exact) mass is 414 g/mol.